The number of hydrogen-bond donors (Lipinski definition) is 0. The Hall–Kier alpha value is -1.29. The number of nitrogens with zero attached hydrogens (tertiary/aromatic N) is 1. The first-order chi connectivity index (χ1) is 12.4. The minimum Gasteiger partial charge on any atom is -0.444 e. The highest BCUT2D eigenvalue weighted by Gasteiger charge is 2.39. The van der Waals surface area contributed by atoms with Crippen molar-refractivity contribution in [2.45, 2.75) is 96.2 Å². The van der Waals surface area contributed by atoms with Crippen molar-refractivity contribution in [1.29, 1.82) is 0 Å². The molecule has 1 fully saturated rings. The highest BCUT2D eigenvalue weighted by molar-refractivity contribution is 5.70. The molecule has 0 aliphatic carbocycles. The maximum atomic E-state index is 12.6. The molecule has 2 heterocycles. The minimum atomic E-state index is -0.456. The summed E-state index contributed by atoms with van der Waals surface area (Å²) in [6.45, 7) is 10.7. The fraction of sp³-hybridized carbons (Fsp3) is 0.773. The number of allylic oxidation sites excluding steroid dienone is 1. The molecule has 1 amide bonds. The summed E-state index contributed by atoms with van der Waals surface area (Å²) in [4.78, 5) is 14.5. The van der Waals surface area contributed by atoms with Crippen LogP contribution in [0.3, 0.4) is 0 Å². The van der Waals surface area contributed by atoms with Crippen LogP contribution in [0.25, 0.3) is 0 Å². The van der Waals surface area contributed by atoms with Gasteiger partial charge in [-0.3, -0.25) is 4.90 Å². The van der Waals surface area contributed by atoms with E-state index in [9.17, 15) is 4.79 Å². The Labute approximate surface area is 159 Å². The minimum absolute atomic E-state index is 0.0336. The maximum absolute atomic E-state index is 12.6. The van der Waals surface area contributed by atoms with Crippen molar-refractivity contribution in [3.05, 3.63) is 24.3 Å². The summed E-state index contributed by atoms with van der Waals surface area (Å²) in [5, 5.41) is 0. The van der Waals surface area contributed by atoms with Crippen molar-refractivity contribution < 1.29 is 14.3 Å². The Balaban J connectivity index is 1.76. The second kappa shape index (κ2) is 10.1. The highest BCUT2D eigenvalue weighted by atomic mass is 16.6. The van der Waals surface area contributed by atoms with Crippen LogP contribution in [0.2, 0.25) is 0 Å². The Bertz CT molecular complexity index is 492. The predicted molar refractivity (Wildman–Crippen MR) is 106 cm³/mol. The van der Waals surface area contributed by atoms with E-state index >= 15 is 0 Å². The summed E-state index contributed by atoms with van der Waals surface area (Å²) in [7, 11) is 0. The molecule has 2 atom stereocenters. The summed E-state index contributed by atoms with van der Waals surface area (Å²) in [5.74, 6) is 0. The number of amides is 1. The SMILES string of the molecule is C=CCCCCCCCCC1=CC2COCC(C1)N2C(=O)OC(C)(C)C. The molecule has 0 radical (unpaired) electrons. The van der Waals surface area contributed by atoms with Gasteiger partial charge in [0.15, 0.2) is 0 Å². The molecule has 2 aliphatic heterocycles. The van der Waals surface area contributed by atoms with Gasteiger partial charge >= 0.3 is 6.09 Å². The molecule has 0 spiro atoms. The number of rotatable bonds is 9. The lowest BCUT2D eigenvalue weighted by Crippen LogP contribution is -2.57. The summed E-state index contributed by atoms with van der Waals surface area (Å²) in [5.41, 5.74) is 1.04. The van der Waals surface area contributed by atoms with E-state index in [-0.39, 0.29) is 18.2 Å². The van der Waals surface area contributed by atoms with Gasteiger partial charge in [-0.05, 0) is 52.9 Å². The Morgan fingerprint density at radius 1 is 1.23 bits per heavy atom. The van der Waals surface area contributed by atoms with Crippen molar-refractivity contribution in [3.63, 3.8) is 0 Å². The van der Waals surface area contributed by atoms with Crippen LogP contribution < -0.4 is 0 Å². The number of ether oxygens (including phenoxy) is 2. The van der Waals surface area contributed by atoms with Gasteiger partial charge in [0.1, 0.15) is 5.60 Å². The van der Waals surface area contributed by atoms with E-state index in [0.29, 0.717) is 13.2 Å². The molecule has 0 saturated carbocycles. The average Bonchev–Trinajstić information content (AvgIpc) is 2.54. The molecule has 0 N–H and O–H groups in total. The van der Waals surface area contributed by atoms with Gasteiger partial charge in [0.25, 0.3) is 0 Å². The third-order valence-corrected chi connectivity index (χ3v) is 5.04. The standard InChI is InChI=1S/C22H37NO3/c1-5-6-7-8-9-10-11-12-13-18-14-19-16-25-17-20(15-18)23(19)21(24)26-22(2,3)4/h5,14,19-20H,1,6-13,15-17H2,2-4H3. The molecule has 1 saturated heterocycles. The average molecular weight is 364 g/mol. The van der Waals surface area contributed by atoms with E-state index in [1.54, 1.807) is 0 Å². The first-order valence-corrected chi connectivity index (χ1v) is 10.3. The van der Waals surface area contributed by atoms with E-state index in [2.05, 4.69) is 12.7 Å². The van der Waals surface area contributed by atoms with E-state index in [1.807, 2.05) is 31.7 Å². The monoisotopic (exact) mass is 363 g/mol. The zero-order chi connectivity index (χ0) is 19.0. The molecule has 2 unspecified atom stereocenters. The van der Waals surface area contributed by atoms with Crippen LogP contribution >= 0.6 is 0 Å². The lowest BCUT2D eigenvalue weighted by Gasteiger charge is -2.44. The number of morpholine rings is 1. The van der Waals surface area contributed by atoms with Gasteiger partial charge < -0.3 is 9.47 Å². The van der Waals surface area contributed by atoms with Crippen LogP contribution in [0.5, 0.6) is 0 Å². The molecular formula is C22H37NO3. The molecule has 2 rings (SSSR count). The molecule has 2 aliphatic rings. The third-order valence-electron chi connectivity index (χ3n) is 5.04. The van der Waals surface area contributed by atoms with Gasteiger partial charge in [-0.2, -0.15) is 0 Å². The maximum Gasteiger partial charge on any atom is 0.411 e. The van der Waals surface area contributed by atoms with Gasteiger partial charge in [0.2, 0.25) is 0 Å². The van der Waals surface area contributed by atoms with Crippen molar-refractivity contribution in [2.24, 2.45) is 0 Å². The lowest BCUT2D eigenvalue weighted by atomic mass is 9.91. The largest absolute Gasteiger partial charge is 0.444 e. The van der Waals surface area contributed by atoms with Crippen molar-refractivity contribution in [3.8, 4) is 0 Å². The number of unbranched alkanes of at least 4 members (excludes halogenated alkanes) is 6. The summed E-state index contributed by atoms with van der Waals surface area (Å²) >= 11 is 0. The van der Waals surface area contributed by atoms with E-state index in [1.165, 1.54) is 44.1 Å². The first kappa shape index (κ1) is 21.0. The summed E-state index contributed by atoms with van der Waals surface area (Å²) < 4.78 is 11.3. The van der Waals surface area contributed by atoms with Gasteiger partial charge in [-0.15, -0.1) is 6.58 Å². The molecule has 4 heteroatoms. The summed E-state index contributed by atoms with van der Waals surface area (Å²) in [6, 6.07) is 0.161. The number of fused-ring (bicyclic) bond motifs is 2. The normalized spacial score (nSPS) is 22.7. The molecule has 2 bridgehead atoms. The van der Waals surface area contributed by atoms with Crippen LogP contribution in [0.4, 0.5) is 4.79 Å². The van der Waals surface area contributed by atoms with E-state index in [0.717, 1.165) is 19.3 Å². The van der Waals surface area contributed by atoms with Crippen LogP contribution in [-0.4, -0.2) is 41.9 Å². The molecule has 148 valence electrons. The smallest absolute Gasteiger partial charge is 0.411 e. The van der Waals surface area contributed by atoms with Crippen LogP contribution in [0, 0.1) is 0 Å². The van der Waals surface area contributed by atoms with Gasteiger partial charge in [0.05, 0.1) is 25.3 Å². The van der Waals surface area contributed by atoms with Crippen LogP contribution in [0.15, 0.2) is 24.3 Å². The molecule has 0 aromatic carbocycles. The van der Waals surface area contributed by atoms with Crippen LogP contribution in [0.1, 0.15) is 78.6 Å². The first-order valence-electron chi connectivity index (χ1n) is 10.3. The fourth-order valence-corrected chi connectivity index (χ4v) is 3.82. The van der Waals surface area contributed by atoms with E-state index in [4.69, 9.17) is 9.47 Å². The third kappa shape index (κ3) is 6.79. The summed E-state index contributed by atoms with van der Waals surface area (Å²) in [6.07, 6.45) is 15.1. The fourth-order valence-electron chi connectivity index (χ4n) is 3.82. The van der Waals surface area contributed by atoms with Crippen molar-refractivity contribution in [2.75, 3.05) is 13.2 Å². The van der Waals surface area contributed by atoms with Crippen LogP contribution in [-0.2, 0) is 9.47 Å². The Morgan fingerprint density at radius 2 is 1.92 bits per heavy atom. The molecular weight excluding hydrogens is 326 g/mol. The quantitative estimate of drug-likeness (QED) is 0.394. The van der Waals surface area contributed by atoms with Gasteiger partial charge in [-0.1, -0.05) is 43.4 Å². The highest BCUT2D eigenvalue weighted by Crippen LogP contribution is 2.31. The van der Waals surface area contributed by atoms with Crippen molar-refractivity contribution in [1.82, 2.24) is 4.90 Å². The number of carbonyl (C=O) groups excluding carboxylic acids is 1. The Morgan fingerprint density at radius 3 is 2.58 bits per heavy atom. The second-order valence-corrected chi connectivity index (χ2v) is 8.62. The topological polar surface area (TPSA) is 38.8 Å². The van der Waals surface area contributed by atoms with Gasteiger partial charge in [0, 0.05) is 0 Å². The zero-order valence-corrected chi connectivity index (χ0v) is 17.0. The second-order valence-electron chi connectivity index (χ2n) is 8.62. The van der Waals surface area contributed by atoms with Gasteiger partial charge in [-0.25, -0.2) is 4.79 Å². The Kier molecular flexibility index (Phi) is 8.20. The molecule has 4 nitrogen and oxygen atoms in total. The molecule has 0 aromatic heterocycles. The predicted octanol–water partition coefficient (Wildman–Crippen LogP) is 5.63. The lowest BCUT2D eigenvalue weighted by molar-refractivity contribution is -0.0538. The molecule has 26 heavy (non-hydrogen) atoms. The molecule has 0 aromatic rings. The van der Waals surface area contributed by atoms with E-state index < -0.39 is 5.60 Å². The zero-order valence-electron chi connectivity index (χ0n) is 17.0. The number of hydrogen-bond acceptors (Lipinski definition) is 3. The number of carbonyl (C=O) groups is 1. The van der Waals surface area contributed by atoms with Crippen molar-refractivity contribution >= 4 is 6.09 Å².